The largest absolute Gasteiger partial charge is 0.460 e. The lowest BCUT2D eigenvalue weighted by Gasteiger charge is -2.20. The van der Waals surface area contributed by atoms with Gasteiger partial charge in [-0.25, -0.2) is 19.6 Å². The zero-order valence-corrected chi connectivity index (χ0v) is 28.6. The van der Waals surface area contributed by atoms with Gasteiger partial charge >= 0.3 is 5.97 Å². The van der Waals surface area contributed by atoms with Gasteiger partial charge in [-0.2, -0.15) is 0 Å². The van der Waals surface area contributed by atoms with Crippen LogP contribution in [0, 0.1) is 0 Å². The molecule has 0 aliphatic carbocycles. The summed E-state index contributed by atoms with van der Waals surface area (Å²) in [5.41, 5.74) is 5.40. The van der Waals surface area contributed by atoms with Gasteiger partial charge in [0, 0.05) is 29.9 Å². The van der Waals surface area contributed by atoms with E-state index in [0.29, 0.717) is 53.4 Å². The van der Waals surface area contributed by atoms with Crippen LogP contribution in [-0.2, 0) is 40.1 Å². The molecule has 0 amide bonds. The second-order valence-corrected chi connectivity index (χ2v) is 11.5. The molecule has 1 aromatic heterocycles. The van der Waals surface area contributed by atoms with E-state index < -0.39 is 11.9 Å². The van der Waals surface area contributed by atoms with Crippen LogP contribution in [0.5, 0.6) is 0 Å². The van der Waals surface area contributed by atoms with Gasteiger partial charge in [0.2, 0.25) is 0 Å². The van der Waals surface area contributed by atoms with Crippen molar-refractivity contribution in [1.82, 2.24) is 9.55 Å². The molecule has 0 N–H and O–H groups in total. The molecule has 0 fully saturated rings. The molecule has 260 valence electrons. The fourth-order valence-corrected chi connectivity index (χ4v) is 6.09. The summed E-state index contributed by atoms with van der Waals surface area (Å²) in [6.45, 7) is 5.84. The standard InChI is InChI=1S/C38H37ClN2O9/c1-3-44-23-46-17-19-48-38(43)34-31(27-13-9-6-10-14-27)30(26-11-7-5-8-12-26)32-33(35(34)39)37(42)41-29-21-25(15-16-28(29)40-36(32)41)22-50-49-20-18-47-24-45-4-2/h5-16,21H,3-4,17-20,22-24H2,1-2H3. The smallest absolute Gasteiger partial charge is 0.340 e. The third kappa shape index (κ3) is 7.49. The summed E-state index contributed by atoms with van der Waals surface area (Å²) >= 11 is 7.14. The molecule has 0 atom stereocenters. The summed E-state index contributed by atoms with van der Waals surface area (Å²) in [6.07, 6.45) is 0. The van der Waals surface area contributed by atoms with Gasteiger partial charge in [-0.15, -0.1) is 0 Å². The van der Waals surface area contributed by atoms with E-state index in [2.05, 4.69) is 0 Å². The van der Waals surface area contributed by atoms with Gasteiger partial charge in [0.25, 0.3) is 5.91 Å². The van der Waals surface area contributed by atoms with E-state index >= 15 is 0 Å². The van der Waals surface area contributed by atoms with E-state index in [1.54, 1.807) is 0 Å². The highest BCUT2D eigenvalue weighted by molar-refractivity contribution is 6.40. The van der Waals surface area contributed by atoms with Gasteiger partial charge in [-0.3, -0.25) is 9.36 Å². The normalized spacial score (nSPS) is 12.0. The number of ether oxygens (including phenoxy) is 5. The van der Waals surface area contributed by atoms with Crippen molar-refractivity contribution in [1.29, 1.82) is 0 Å². The summed E-state index contributed by atoms with van der Waals surface area (Å²) in [5, 5.41) is -0.0122. The molecule has 0 spiro atoms. The van der Waals surface area contributed by atoms with E-state index in [4.69, 9.17) is 50.0 Å². The maximum absolute atomic E-state index is 14.4. The van der Waals surface area contributed by atoms with Gasteiger partial charge in [-0.05, 0) is 42.7 Å². The number of hydrogen-bond donors (Lipinski definition) is 0. The average Bonchev–Trinajstić information content (AvgIpc) is 3.66. The highest BCUT2D eigenvalue weighted by Crippen LogP contribution is 2.51. The minimum Gasteiger partial charge on any atom is -0.460 e. The summed E-state index contributed by atoms with van der Waals surface area (Å²) in [5.74, 6) is -0.670. The number of hydrogen-bond acceptors (Lipinski definition) is 10. The Bertz CT molecular complexity index is 1950. The van der Waals surface area contributed by atoms with Gasteiger partial charge in [-0.1, -0.05) is 78.3 Å². The summed E-state index contributed by atoms with van der Waals surface area (Å²) < 4.78 is 28.2. The van der Waals surface area contributed by atoms with E-state index in [0.717, 1.165) is 16.7 Å². The molecule has 5 aromatic rings. The number of nitrogens with zero attached hydrogens (tertiary/aromatic N) is 2. The van der Waals surface area contributed by atoms with Crippen LogP contribution in [-0.4, -0.2) is 74.7 Å². The predicted molar refractivity (Wildman–Crippen MR) is 187 cm³/mol. The first-order valence-electron chi connectivity index (χ1n) is 16.3. The van der Waals surface area contributed by atoms with Crippen LogP contribution in [0.15, 0.2) is 78.9 Å². The molecular formula is C38H37ClN2O9. The fraction of sp³-hybridized carbons (Fsp3) is 0.289. The Morgan fingerprint density at radius 2 is 1.36 bits per heavy atom. The Kier molecular flexibility index (Phi) is 12.0. The molecule has 0 radical (unpaired) electrons. The quantitative estimate of drug-likeness (QED) is 0.0297. The summed E-state index contributed by atoms with van der Waals surface area (Å²) in [4.78, 5) is 44.0. The predicted octanol–water partition coefficient (Wildman–Crippen LogP) is 7.32. The molecule has 0 bridgehead atoms. The minimum atomic E-state index is -0.682. The van der Waals surface area contributed by atoms with E-state index in [1.807, 2.05) is 92.7 Å². The number of carbonyl (C=O) groups excluding carboxylic acids is 2. The summed E-state index contributed by atoms with van der Waals surface area (Å²) in [7, 11) is 0. The number of halogens is 1. The van der Waals surface area contributed by atoms with E-state index in [1.165, 1.54) is 4.57 Å². The molecule has 12 heteroatoms. The second kappa shape index (κ2) is 17.0. The van der Waals surface area contributed by atoms with Gasteiger partial charge in [0.05, 0.1) is 40.4 Å². The molecule has 1 aliphatic heterocycles. The third-order valence-corrected chi connectivity index (χ3v) is 8.33. The number of imidazole rings is 1. The molecule has 0 unspecified atom stereocenters. The topological polar surface area (TPSA) is 117 Å². The van der Waals surface area contributed by atoms with Crippen LogP contribution in [0.2, 0.25) is 5.02 Å². The molecule has 11 nitrogen and oxygen atoms in total. The Balaban J connectivity index is 1.41. The molecule has 4 aromatic carbocycles. The molecule has 0 saturated heterocycles. The maximum Gasteiger partial charge on any atom is 0.340 e. The second-order valence-electron chi connectivity index (χ2n) is 11.1. The lowest BCUT2D eigenvalue weighted by Crippen LogP contribution is -2.16. The van der Waals surface area contributed by atoms with Gasteiger partial charge in [0.15, 0.2) is 0 Å². The molecule has 6 rings (SSSR count). The zero-order chi connectivity index (χ0) is 34.9. The first kappa shape index (κ1) is 35.4. The van der Waals surface area contributed by atoms with Crippen LogP contribution in [0.3, 0.4) is 0 Å². The number of aromatic nitrogens is 2. The zero-order valence-electron chi connectivity index (χ0n) is 27.8. The lowest BCUT2D eigenvalue weighted by molar-refractivity contribution is -0.309. The van der Waals surface area contributed by atoms with Gasteiger partial charge in [0.1, 0.15) is 39.2 Å². The van der Waals surface area contributed by atoms with Crippen LogP contribution in [0.1, 0.15) is 40.1 Å². The Labute approximate surface area is 294 Å². The number of benzene rings is 4. The number of carbonyl (C=O) groups is 2. The van der Waals surface area contributed by atoms with Crippen molar-refractivity contribution in [3.8, 4) is 33.6 Å². The first-order chi connectivity index (χ1) is 24.5. The van der Waals surface area contributed by atoms with Crippen LogP contribution in [0.4, 0.5) is 0 Å². The third-order valence-electron chi connectivity index (χ3n) is 7.95. The van der Waals surface area contributed by atoms with Crippen molar-refractivity contribution < 1.29 is 43.0 Å². The van der Waals surface area contributed by atoms with E-state index in [-0.39, 0.29) is 56.2 Å². The van der Waals surface area contributed by atoms with Crippen molar-refractivity contribution in [2.75, 3.05) is 53.2 Å². The van der Waals surface area contributed by atoms with Crippen molar-refractivity contribution >= 4 is 34.5 Å². The van der Waals surface area contributed by atoms with Crippen molar-refractivity contribution in [2.24, 2.45) is 0 Å². The van der Waals surface area contributed by atoms with Crippen LogP contribution >= 0.6 is 11.6 Å². The molecular weight excluding hydrogens is 664 g/mol. The van der Waals surface area contributed by atoms with E-state index in [9.17, 15) is 9.59 Å². The Morgan fingerprint density at radius 3 is 2.02 bits per heavy atom. The van der Waals surface area contributed by atoms with Crippen LogP contribution < -0.4 is 0 Å². The average molecular weight is 701 g/mol. The molecule has 0 saturated carbocycles. The monoisotopic (exact) mass is 700 g/mol. The fourth-order valence-electron chi connectivity index (χ4n) is 5.75. The molecule has 1 aliphatic rings. The minimum absolute atomic E-state index is 0.0122. The molecule has 50 heavy (non-hydrogen) atoms. The van der Waals surface area contributed by atoms with Gasteiger partial charge < -0.3 is 23.7 Å². The summed E-state index contributed by atoms with van der Waals surface area (Å²) in [6, 6.07) is 24.5. The Hall–Kier alpha value is -4.46. The number of rotatable bonds is 18. The van der Waals surface area contributed by atoms with Crippen molar-refractivity contribution in [3.63, 3.8) is 0 Å². The molecule has 2 heterocycles. The lowest BCUT2D eigenvalue weighted by atomic mass is 9.84. The first-order valence-corrected chi connectivity index (χ1v) is 16.7. The van der Waals surface area contributed by atoms with Crippen molar-refractivity contribution in [3.05, 3.63) is 101 Å². The number of fused-ring (bicyclic) bond motifs is 5. The highest BCUT2D eigenvalue weighted by Gasteiger charge is 2.40. The van der Waals surface area contributed by atoms with Crippen LogP contribution in [0.25, 0.3) is 44.7 Å². The number of esters is 1. The Morgan fingerprint density at radius 1 is 0.720 bits per heavy atom. The highest BCUT2D eigenvalue weighted by atomic mass is 35.5. The SMILES string of the molecule is CCOCOCCOOCc1ccc2nc3n(c2c1)C(=O)c1c(Cl)c(C(=O)OCCOCOCC)c(-c2ccccc2)c(-c2ccccc2)c1-3. The maximum atomic E-state index is 14.4. The van der Waals surface area contributed by atoms with Crippen molar-refractivity contribution in [2.45, 2.75) is 20.5 Å².